The van der Waals surface area contributed by atoms with E-state index in [2.05, 4.69) is 11.2 Å². The summed E-state index contributed by atoms with van der Waals surface area (Å²) in [6.07, 6.45) is 5.00. The second-order valence-electron chi connectivity index (χ2n) is 3.93. The molecule has 0 bridgehead atoms. The molecule has 1 aromatic rings. The zero-order chi connectivity index (χ0) is 14.4. The molecule has 1 N–H and O–H groups in total. The molecule has 0 heterocycles. The van der Waals surface area contributed by atoms with Crippen LogP contribution in [-0.2, 0) is 4.79 Å². The summed E-state index contributed by atoms with van der Waals surface area (Å²) < 4.78 is 5.31. The monoisotopic (exact) mass is 262 g/mol. The summed E-state index contributed by atoms with van der Waals surface area (Å²) in [7, 11) is 0. The second-order valence-corrected chi connectivity index (χ2v) is 3.93. The molecule has 0 aromatic heterocycles. The van der Waals surface area contributed by atoms with Crippen molar-refractivity contribution < 1.29 is 14.5 Å². The molecule has 0 aliphatic carbocycles. The molecule has 0 radical (unpaired) electrons. The highest BCUT2D eigenvalue weighted by Gasteiger charge is 2.14. The Bertz CT molecular complexity index is 546. The van der Waals surface area contributed by atoms with Crippen molar-refractivity contribution in [2.24, 2.45) is 0 Å². The number of nitro groups is 1. The highest BCUT2D eigenvalue weighted by atomic mass is 16.6. The van der Waals surface area contributed by atoms with Crippen LogP contribution in [0.5, 0.6) is 5.75 Å². The van der Waals surface area contributed by atoms with Crippen molar-refractivity contribution >= 4 is 11.6 Å². The number of amides is 1. The third-order valence-electron chi connectivity index (χ3n) is 2.44. The second kappa shape index (κ2) is 6.40. The minimum absolute atomic E-state index is 0.0293. The molecule has 0 fully saturated rings. The van der Waals surface area contributed by atoms with Crippen LogP contribution in [0, 0.1) is 36.3 Å². The largest absolute Gasteiger partial charge is 0.483 e. The van der Waals surface area contributed by atoms with Gasteiger partial charge in [0, 0.05) is 11.6 Å². The van der Waals surface area contributed by atoms with E-state index in [9.17, 15) is 14.9 Å². The van der Waals surface area contributed by atoms with Gasteiger partial charge in [-0.1, -0.05) is 5.92 Å². The Kier molecular flexibility index (Phi) is 4.89. The molecule has 0 aliphatic heterocycles. The van der Waals surface area contributed by atoms with Gasteiger partial charge in [0.1, 0.15) is 5.75 Å². The molecular formula is C13H14N2O4. The molecule has 0 unspecified atom stereocenters. The molecule has 1 aromatic carbocycles. The van der Waals surface area contributed by atoms with Crippen molar-refractivity contribution in [2.75, 3.05) is 13.2 Å². The zero-order valence-corrected chi connectivity index (χ0v) is 10.7. The first kappa shape index (κ1) is 14.5. The van der Waals surface area contributed by atoms with E-state index < -0.39 is 4.92 Å². The number of carbonyl (C=O) groups excluding carboxylic acids is 1. The van der Waals surface area contributed by atoms with Gasteiger partial charge in [-0.15, -0.1) is 6.42 Å². The smallest absolute Gasteiger partial charge is 0.272 e. The van der Waals surface area contributed by atoms with Crippen molar-refractivity contribution in [1.82, 2.24) is 5.32 Å². The average Bonchev–Trinajstić information content (AvgIpc) is 2.36. The fourth-order valence-corrected chi connectivity index (χ4v) is 1.47. The van der Waals surface area contributed by atoms with Crippen LogP contribution < -0.4 is 10.1 Å². The molecule has 0 aliphatic rings. The normalized spacial score (nSPS) is 9.53. The number of benzene rings is 1. The minimum Gasteiger partial charge on any atom is -0.483 e. The van der Waals surface area contributed by atoms with E-state index in [1.807, 2.05) is 0 Å². The Morgan fingerprint density at radius 3 is 2.74 bits per heavy atom. The van der Waals surface area contributed by atoms with E-state index in [4.69, 9.17) is 11.2 Å². The Labute approximate surface area is 110 Å². The standard InChI is InChI=1S/C13H14N2O4/c1-4-5-14-13(16)8-19-12-7-9(2)11(15(17)18)6-10(12)3/h1,6-7H,5,8H2,2-3H3,(H,14,16). The van der Waals surface area contributed by atoms with Crippen LogP contribution in [0.25, 0.3) is 0 Å². The maximum Gasteiger partial charge on any atom is 0.272 e. The summed E-state index contributed by atoms with van der Waals surface area (Å²) in [4.78, 5) is 21.6. The summed E-state index contributed by atoms with van der Waals surface area (Å²) in [5, 5.41) is 13.2. The molecule has 6 nitrogen and oxygen atoms in total. The number of ether oxygens (including phenoxy) is 1. The first-order valence-corrected chi connectivity index (χ1v) is 5.54. The lowest BCUT2D eigenvalue weighted by Crippen LogP contribution is -2.29. The lowest BCUT2D eigenvalue weighted by molar-refractivity contribution is -0.385. The lowest BCUT2D eigenvalue weighted by Gasteiger charge is -2.10. The lowest BCUT2D eigenvalue weighted by atomic mass is 10.1. The van der Waals surface area contributed by atoms with Gasteiger partial charge in [-0.3, -0.25) is 14.9 Å². The van der Waals surface area contributed by atoms with Crippen LogP contribution in [0.4, 0.5) is 5.69 Å². The first-order valence-electron chi connectivity index (χ1n) is 5.54. The maximum atomic E-state index is 11.3. The Morgan fingerprint density at radius 1 is 1.47 bits per heavy atom. The van der Waals surface area contributed by atoms with Crippen LogP contribution in [0.3, 0.4) is 0 Å². The van der Waals surface area contributed by atoms with Crippen LogP contribution in [0.1, 0.15) is 11.1 Å². The highest BCUT2D eigenvalue weighted by molar-refractivity contribution is 5.77. The van der Waals surface area contributed by atoms with E-state index in [-0.39, 0.29) is 24.7 Å². The topological polar surface area (TPSA) is 81.5 Å². The molecule has 0 atom stereocenters. The van der Waals surface area contributed by atoms with Crippen LogP contribution >= 0.6 is 0 Å². The van der Waals surface area contributed by atoms with Crippen molar-refractivity contribution in [3.63, 3.8) is 0 Å². The van der Waals surface area contributed by atoms with Crippen molar-refractivity contribution in [1.29, 1.82) is 0 Å². The SMILES string of the molecule is C#CCNC(=O)COc1cc(C)c([N+](=O)[O-])cc1C. The Hall–Kier alpha value is -2.55. The maximum absolute atomic E-state index is 11.3. The van der Waals surface area contributed by atoms with Gasteiger partial charge >= 0.3 is 0 Å². The van der Waals surface area contributed by atoms with E-state index >= 15 is 0 Å². The predicted octanol–water partition coefficient (Wildman–Crippen LogP) is 1.34. The van der Waals surface area contributed by atoms with Gasteiger partial charge in [0.15, 0.2) is 6.61 Å². The summed E-state index contributed by atoms with van der Waals surface area (Å²) >= 11 is 0. The van der Waals surface area contributed by atoms with Gasteiger partial charge in [0.2, 0.25) is 0 Å². The van der Waals surface area contributed by atoms with E-state index in [1.54, 1.807) is 19.9 Å². The average molecular weight is 262 g/mol. The number of nitrogens with one attached hydrogen (secondary N) is 1. The van der Waals surface area contributed by atoms with E-state index in [1.165, 1.54) is 6.07 Å². The molecule has 0 spiro atoms. The highest BCUT2D eigenvalue weighted by Crippen LogP contribution is 2.27. The van der Waals surface area contributed by atoms with Gasteiger partial charge in [0.25, 0.3) is 11.6 Å². The summed E-state index contributed by atoms with van der Waals surface area (Å²) in [6.45, 7) is 3.25. The van der Waals surface area contributed by atoms with Gasteiger partial charge in [-0.25, -0.2) is 0 Å². The summed E-state index contributed by atoms with van der Waals surface area (Å²) in [6, 6.07) is 2.96. The number of nitrogens with zero attached hydrogens (tertiary/aromatic N) is 1. The number of hydrogen-bond donors (Lipinski definition) is 1. The number of nitro benzene ring substituents is 1. The van der Waals surface area contributed by atoms with Gasteiger partial charge in [0.05, 0.1) is 11.5 Å². The third-order valence-corrected chi connectivity index (χ3v) is 2.44. The van der Waals surface area contributed by atoms with E-state index in [0.717, 1.165) is 0 Å². The molecule has 0 saturated carbocycles. The Balaban J connectivity index is 2.75. The quantitative estimate of drug-likeness (QED) is 0.493. The minimum atomic E-state index is -0.453. The van der Waals surface area contributed by atoms with Crippen molar-refractivity contribution in [3.05, 3.63) is 33.4 Å². The molecule has 100 valence electrons. The molecule has 0 saturated heterocycles. The molecule has 6 heteroatoms. The van der Waals surface area contributed by atoms with Crippen molar-refractivity contribution in [2.45, 2.75) is 13.8 Å². The fraction of sp³-hybridized carbons (Fsp3) is 0.308. The molecular weight excluding hydrogens is 248 g/mol. The van der Waals surface area contributed by atoms with Crippen LogP contribution in [-0.4, -0.2) is 24.0 Å². The number of hydrogen-bond acceptors (Lipinski definition) is 4. The molecule has 1 amide bonds. The van der Waals surface area contributed by atoms with Gasteiger partial charge in [-0.2, -0.15) is 0 Å². The summed E-state index contributed by atoms with van der Waals surface area (Å²) in [5.74, 6) is 2.38. The van der Waals surface area contributed by atoms with Crippen molar-refractivity contribution in [3.8, 4) is 18.1 Å². The van der Waals surface area contributed by atoms with E-state index in [0.29, 0.717) is 16.9 Å². The number of rotatable bonds is 5. The number of terminal acetylenes is 1. The third kappa shape index (κ3) is 4.00. The Morgan fingerprint density at radius 2 is 2.16 bits per heavy atom. The number of aryl methyl sites for hydroxylation is 2. The molecule has 1 rings (SSSR count). The summed E-state index contributed by atoms with van der Waals surface area (Å²) in [5.41, 5.74) is 1.11. The fourth-order valence-electron chi connectivity index (χ4n) is 1.47. The van der Waals surface area contributed by atoms with Crippen LogP contribution in [0.2, 0.25) is 0 Å². The van der Waals surface area contributed by atoms with Gasteiger partial charge in [-0.05, 0) is 25.5 Å². The first-order chi connectivity index (χ1) is 8.95. The predicted molar refractivity (Wildman–Crippen MR) is 69.9 cm³/mol. The van der Waals surface area contributed by atoms with Crippen LogP contribution in [0.15, 0.2) is 12.1 Å². The number of carbonyl (C=O) groups is 1. The molecule has 19 heavy (non-hydrogen) atoms. The zero-order valence-electron chi connectivity index (χ0n) is 10.7. The van der Waals surface area contributed by atoms with Gasteiger partial charge < -0.3 is 10.1 Å².